The standard InChI is InChI=1S/C95H134N12O28S3/c1-9-23-86(121)133-55-107(91(125)68(58(5)10-2)48-78(113)74-28-20-22-39-106(74)8)75(57(3)4)50-80(135-60(7)109)90-103-73(54-136-90)89(124)100-66(44-63-30-32-67(110)33-31-63)42-59(6)79(114)52-99-95(131)132-40-41-137-138-53-65(92(126)127)47-77(112)72(49-85(119)120)102-88(123)69(96)51-98-87(122)64(43-61-24-15-13-16-25-61)46-76(111)71(45-62-26-17-14-18-27-62)101-82(116)29-19-11-12-21-38-97-81(115)35-34-70(93(128)129)104-94(130)105-83(134-56-108)36-37-84(117)118/h13-18,24-27,30-33,54,56-59,64-66,68-72,74-75,80,83,110H,9-12,19-23,28-29,34-53,55,96H2,1-8H3,(H,97,115)(H,98,122)(H,99,131)(H,100,124)(H,101,116)(H,102,123)(H,117,118)(H,119,120)(H,126,127)(H,128,129)(H2,104,105,130)/t58?,59-,64+,65+,66+,68-,69-,70-,71-,72-,74+,75+,80+,83+/m0/s1. The fourth-order valence-corrected chi connectivity index (χ4v) is 18.3. The van der Waals surface area contributed by atoms with E-state index in [1.807, 2.05) is 46.6 Å². The molecule has 0 spiro atoms. The number of nitrogens with two attached hydrogens (primary N) is 1. The van der Waals surface area contributed by atoms with Crippen LogP contribution in [0.4, 0.5) is 9.59 Å². The number of aromatic nitrogens is 1. The van der Waals surface area contributed by atoms with Crippen LogP contribution in [-0.2, 0) is 115 Å². The van der Waals surface area contributed by atoms with Gasteiger partial charge in [0.2, 0.25) is 29.5 Å². The number of Topliss-reactive ketones (excluding diaryl/α,β-unsaturated/α-hetero) is 4. The Morgan fingerprint density at radius 1 is 0.638 bits per heavy atom. The molecule has 1 aliphatic heterocycles. The molecule has 1 unspecified atom stereocenters. The lowest BCUT2D eigenvalue weighted by molar-refractivity contribution is -0.162. The van der Waals surface area contributed by atoms with Crippen LogP contribution in [0.2, 0.25) is 0 Å². The van der Waals surface area contributed by atoms with Crippen molar-refractivity contribution in [1.82, 2.24) is 57.3 Å². The van der Waals surface area contributed by atoms with E-state index in [0.717, 1.165) is 52.3 Å². The highest BCUT2D eigenvalue weighted by Gasteiger charge is 2.41. The summed E-state index contributed by atoms with van der Waals surface area (Å²) in [6.07, 6.45) is -1.18. The van der Waals surface area contributed by atoms with Gasteiger partial charge in [0.1, 0.15) is 35.1 Å². The highest BCUT2D eigenvalue weighted by Crippen LogP contribution is 2.35. The minimum Gasteiger partial charge on any atom is -0.508 e. The minimum atomic E-state index is -1.78. The third-order valence-electron chi connectivity index (χ3n) is 23.3. The number of rotatable bonds is 68. The van der Waals surface area contributed by atoms with Gasteiger partial charge < -0.3 is 97.6 Å². The molecule has 138 heavy (non-hydrogen) atoms. The molecule has 0 radical (unpaired) electrons. The molecule has 0 bridgehead atoms. The zero-order chi connectivity index (χ0) is 102. The summed E-state index contributed by atoms with van der Waals surface area (Å²) in [7, 11) is 3.95. The number of esters is 2. The first-order chi connectivity index (χ1) is 65.7. The van der Waals surface area contributed by atoms with Gasteiger partial charge in [-0.1, -0.05) is 162 Å². The number of urea groups is 1. The maximum atomic E-state index is 15.1. The number of carbonyl (C=O) groups is 19. The van der Waals surface area contributed by atoms with E-state index < -0.39 is 218 Å². The molecule has 9 amide bonds. The first-order valence-electron chi connectivity index (χ1n) is 46.4. The fourth-order valence-electron chi connectivity index (χ4n) is 15.3. The van der Waals surface area contributed by atoms with Crippen LogP contribution in [0.1, 0.15) is 222 Å². The number of thiazole rings is 1. The molecule has 15 N–H and O–H groups in total. The number of likely N-dealkylation sites (tertiary alicyclic amines) is 1. The van der Waals surface area contributed by atoms with Gasteiger partial charge in [-0.3, -0.25) is 81.6 Å². The van der Waals surface area contributed by atoms with Crippen molar-refractivity contribution in [2.75, 3.05) is 58.1 Å². The number of aliphatic carboxylic acids is 4. The number of phenolic OH excluding ortho intramolecular Hbond substituents is 1. The molecule has 1 aliphatic rings. The van der Waals surface area contributed by atoms with Crippen molar-refractivity contribution in [3.8, 4) is 5.75 Å². The number of alkyl carbamates (subject to hydrolysis) is 1. The molecule has 3 aromatic carbocycles. The van der Waals surface area contributed by atoms with Crippen LogP contribution in [0.5, 0.6) is 5.75 Å². The smallest absolute Gasteiger partial charge is 0.407 e. The number of carboxylic acid groups (broad SMARTS) is 4. The number of ketones is 4. The zero-order valence-electron chi connectivity index (χ0n) is 79.3. The number of aromatic hydroxyl groups is 1. The van der Waals surface area contributed by atoms with E-state index >= 15 is 4.79 Å². The maximum Gasteiger partial charge on any atom is 0.407 e. The molecule has 40 nitrogen and oxygen atoms in total. The number of benzene rings is 3. The second-order valence-electron chi connectivity index (χ2n) is 34.6. The lowest BCUT2D eigenvalue weighted by Crippen LogP contribution is -2.53. The fraction of sp³-hybridized carbons (Fsp3) is 0.579. The van der Waals surface area contributed by atoms with E-state index in [0.29, 0.717) is 61.6 Å². The van der Waals surface area contributed by atoms with Gasteiger partial charge in [-0.25, -0.2) is 19.4 Å². The molecular formula is C95H134N12O28S3. The SMILES string of the molecule is CCCC(=O)OCN(C(=O)[C@@H](CC(=O)[C@H]1CCCCN1C)C(C)CC)[C@H](C[C@@H](OC(C)=O)c1nc(C(=O)N[C@@H](Cc2ccc(O)cc2)C[C@H](C)C(=O)CNC(=O)OCCSSC[C@@H](CC(=O)[C@H](CC(=O)O)NC(=O)[C@@H](N)CNC(=O)[C@@H](CC(=O)[C@H](Cc2ccccc2)NC(=O)CCCCCCNC(=O)CC[C@H](NC(=O)N[C@@H](CCC(=O)O)OC=O)C(=O)O)Cc2ccccc2)C(=O)O)cs1)C(C)C. The van der Waals surface area contributed by atoms with Crippen molar-refractivity contribution >= 4 is 146 Å². The van der Waals surface area contributed by atoms with Gasteiger partial charge in [-0.2, -0.15) is 0 Å². The molecule has 2 heterocycles. The Balaban J connectivity index is 1.11. The van der Waals surface area contributed by atoms with Crippen LogP contribution >= 0.6 is 32.9 Å². The lowest BCUT2D eigenvalue weighted by atomic mass is 9.82. The number of carboxylic acids is 4. The van der Waals surface area contributed by atoms with E-state index in [1.54, 1.807) is 79.7 Å². The molecule has 1 aromatic heterocycles. The molecule has 14 atom stereocenters. The molecule has 1 fully saturated rings. The number of hydrogen-bond acceptors (Lipinski definition) is 30. The van der Waals surface area contributed by atoms with Crippen molar-refractivity contribution in [3.63, 3.8) is 0 Å². The number of ether oxygens (including phenoxy) is 4. The average molecular weight is 1990 g/mol. The van der Waals surface area contributed by atoms with Gasteiger partial charge in [0.15, 0.2) is 42.2 Å². The van der Waals surface area contributed by atoms with Crippen LogP contribution < -0.4 is 48.3 Å². The van der Waals surface area contributed by atoms with Gasteiger partial charge in [-0.15, -0.1) is 11.3 Å². The van der Waals surface area contributed by atoms with E-state index in [4.69, 9.17) is 25.1 Å². The van der Waals surface area contributed by atoms with E-state index in [2.05, 4.69) is 52.3 Å². The number of unbranched alkanes of at least 4 members (excludes halogenated alkanes) is 3. The van der Waals surface area contributed by atoms with Crippen molar-refractivity contribution < 1.29 is 136 Å². The van der Waals surface area contributed by atoms with Crippen molar-refractivity contribution in [3.05, 3.63) is 118 Å². The third-order valence-corrected chi connectivity index (χ3v) is 26.7. The van der Waals surface area contributed by atoms with Gasteiger partial charge >= 0.3 is 47.9 Å². The average Bonchev–Trinajstić information content (AvgIpc) is 1.20. The molecule has 43 heteroatoms. The first-order valence-corrected chi connectivity index (χ1v) is 49.7. The zero-order valence-corrected chi connectivity index (χ0v) is 81.7. The normalized spacial score (nSPS) is 15.3. The number of amides is 9. The molecule has 0 saturated carbocycles. The van der Waals surface area contributed by atoms with E-state index in [-0.39, 0.29) is 142 Å². The molecule has 4 aromatic rings. The number of likely N-dealkylation sites (N-methyl/N-ethyl adjacent to an activating group) is 1. The largest absolute Gasteiger partial charge is 0.508 e. The Bertz CT molecular complexity index is 4670. The summed E-state index contributed by atoms with van der Waals surface area (Å²) in [6.45, 7) is 11.4. The monoisotopic (exact) mass is 1990 g/mol. The quantitative estimate of drug-likeness (QED) is 0.00502. The summed E-state index contributed by atoms with van der Waals surface area (Å²) in [5.41, 5.74) is 8.20. The number of phenols is 1. The van der Waals surface area contributed by atoms with Crippen LogP contribution in [0.3, 0.4) is 0 Å². The van der Waals surface area contributed by atoms with Crippen LogP contribution in [-0.4, -0.2) is 260 Å². The van der Waals surface area contributed by atoms with Crippen LogP contribution in [0, 0.1) is 35.5 Å². The van der Waals surface area contributed by atoms with Crippen molar-refractivity contribution in [2.45, 2.75) is 257 Å². The van der Waals surface area contributed by atoms with Crippen molar-refractivity contribution in [1.29, 1.82) is 0 Å². The van der Waals surface area contributed by atoms with Gasteiger partial charge in [-0.05, 0) is 118 Å². The number of carbonyl (C=O) groups excluding carboxylic acids is 15. The van der Waals surface area contributed by atoms with Gasteiger partial charge in [0, 0.05) is 118 Å². The topological polar surface area (TPSA) is 604 Å². The summed E-state index contributed by atoms with van der Waals surface area (Å²) in [5.74, 6) is -17.5. The summed E-state index contributed by atoms with van der Waals surface area (Å²) in [5, 5.41) is 70.4. The number of hydrogen-bond donors (Lipinski definition) is 14. The molecular weight excluding hydrogens is 1850 g/mol. The third kappa shape index (κ3) is 44.2. The minimum absolute atomic E-state index is 0.00325. The molecule has 760 valence electrons. The van der Waals surface area contributed by atoms with Gasteiger partial charge in [0.05, 0.1) is 43.4 Å². The highest BCUT2D eigenvalue weighted by molar-refractivity contribution is 8.76. The second kappa shape index (κ2) is 62.8. The summed E-state index contributed by atoms with van der Waals surface area (Å²) >= 11 is 1.03. The molecule has 5 rings (SSSR count). The van der Waals surface area contributed by atoms with E-state index in [1.165, 1.54) is 29.3 Å². The maximum absolute atomic E-state index is 15.1. The Morgan fingerprint density at radius 2 is 1.30 bits per heavy atom. The van der Waals surface area contributed by atoms with Crippen LogP contribution in [0.15, 0.2) is 90.3 Å². The Labute approximate surface area is 814 Å². The van der Waals surface area contributed by atoms with E-state index in [9.17, 15) is 107 Å². The molecule has 0 aliphatic carbocycles. The van der Waals surface area contributed by atoms with Gasteiger partial charge in [0.25, 0.3) is 12.4 Å². The summed E-state index contributed by atoms with van der Waals surface area (Å²) in [6, 6.07) is 14.7. The van der Waals surface area contributed by atoms with Crippen molar-refractivity contribution in [2.24, 2.45) is 41.2 Å². The highest BCUT2D eigenvalue weighted by atomic mass is 33.1. The predicted octanol–water partition coefficient (Wildman–Crippen LogP) is 7.72. The predicted molar refractivity (Wildman–Crippen MR) is 509 cm³/mol. The number of piperidine rings is 1. The number of nitrogens with one attached hydrogen (secondary N) is 8. The summed E-state index contributed by atoms with van der Waals surface area (Å²) in [4.78, 5) is 257. The number of nitrogens with zero attached hydrogens (tertiary/aromatic N) is 3. The Hall–Kier alpha value is -12.0. The lowest BCUT2D eigenvalue weighted by Gasteiger charge is -2.39. The Kier molecular flexibility index (Phi) is 53.0. The first kappa shape index (κ1) is 117. The second-order valence-corrected chi connectivity index (χ2v) is 38.1. The Morgan fingerprint density at radius 3 is 1.92 bits per heavy atom. The molecule has 1 saturated heterocycles. The summed E-state index contributed by atoms with van der Waals surface area (Å²) < 4.78 is 21.6. The van der Waals surface area contributed by atoms with Crippen LogP contribution in [0.25, 0.3) is 0 Å².